The van der Waals surface area contributed by atoms with Crippen molar-refractivity contribution in [2.75, 3.05) is 18.0 Å². The predicted octanol–water partition coefficient (Wildman–Crippen LogP) is 2.80. The van der Waals surface area contributed by atoms with E-state index in [2.05, 4.69) is 37.6 Å². The van der Waals surface area contributed by atoms with Crippen molar-refractivity contribution < 1.29 is 0 Å². The second kappa shape index (κ2) is 6.03. The Morgan fingerprint density at radius 3 is 2.71 bits per heavy atom. The maximum absolute atomic E-state index is 4.70. The van der Waals surface area contributed by atoms with Crippen LogP contribution in [0.3, 0.4) is 0 Å². The van der Waals surface area contributed by atoms with Gasteiger partial charge in [0.05, 0.1) is 23.1 Å². The van der Waals surface area contributed by atoms with Crippen LogP contribution >= 0.6 is 0 Å². The number of hydrogen-bond acceptors (Lipinski definition) is 5. The molecule has 0 unspecified atom stereocenters. The molecule has 6 heteroatoms. The van der Waals surface area contributed by atoms with Gasteiger partial charge in [0, 0.05) is 31.2 Å². The van der Waals surface area contributed by atoms with Crippen molar-refractivity contribution in [2.24, 2.45) is 0 Å². The van der Waals surface area contributed by atoms with Crippen LogP contribution in [-0.4, -0.2) is 37.8 Å². The van der Waals surface area contributed by atoms with Crippen molar-refractivity contribution in [1.29, 1.82) is 0 Å². The molecule has 3 aromatic heterocycles. The van der Waals surface area contributed by atoms with E-state index in [0.29, 0.717) is 6.04 Å². The summed E-state index contributed by atoms with van der Waals surface area (Å²) >= 11 is 0. The van der Waals surface area contributed by atoms with Gasteiger partial charge in [-0.3, -0.25) is 9.67 Å². The van der Waals surface area contributed by atoms with Crippen LogP contribution in [0, 0.1) is 13.8 Å². The van der Waals surface area contributed by atoms with Crippen molar-refractivity contribution in [3.8, 4) is 11.4 Å². The summed E-state index contributed by atoms with van der Waals surface area (Å²) < 4.78 is 2.14. The van der Waals surface area contributed by atoms with Crippen molar-refractivity contribution in [3.63, 3.8) is 0 Å². The van der Waals surface area contributed by atoms with Crippen molar-refractivity contribution in [1.82, 2.24) is 24.7 Å². The summed E-state index contributed by atoms with van der Waals surface area (Å²) in [5, 5.41) is 4.62. The molecule has 122 valence electrons. The lowest BCUT2D eigenvalue weighted by Gasteiger charge is -2.17. The molecule has 3 aromatic rings. The summed E-state index contributed by atoms with van der Waals surface area (Å²) in [4.78, 5) is 15.8. The van der Waals surface area contributed by atoms with E-state index in [4.69, 9.17) is 4.98 Å². The second-order valence-electron chi connectivity index (χ2n) is 6.22. The molecule has 1 saturated heterocycles. The minimum absolute atomic E-state index is 0.376. The van der Waals surface area contributed by atoms with Crippen LogP contribution in [-0.2, 0) is 0 Å². The molecule has 0 bridgehead atoms. The molecule has 0 spiro atoms. The Bertz CT molecular complexity index is 842. The molecule has 0 saturated carbocycles. The van der Waals surface area contributed by atoms with Gasteiger partial charge in [-0.2, -0.15) is 5.10 Å². The van der Waals surface area contributed by atoms with E-state index in [0.717, 1.165) is 42.5 Å². The number of anilines is 1. The van der Waals surface area contributed by atoms with E-state index >= 15 is 0 Å². The Hall–Kier alpha value is -2.76. The van der Waals surface area contributed by atoms with Gasteiger partial charge in [-0.1, -0.05) is 6.07 Å². The van der Waals surface area contributed by atoms with Crippen molar-refractivity contribution >= 4 is 5.95 Å². The van der Waals surface area contributed by atoms with E-state index in [1.807, 2.05) is 37.4 Å². The third kappa shape index (κ3) is 2.75. The third-order valence-electron chi connectivity index (χ3n) is 4.41. The average Bonchev–Trinajstić information content (AvgIpc) is 3.22. The van der Waals surface area contributed by atoms with Crippen LogP contribution in [0.5, 0.6) is 0 Å². The average molecular weight is 320 g/mol. The summed E-state index contributed by atoms with van der Waals surface area (Å²) in [5.74, 6) is 0.766. The molecule has 0 aromatic carbocycles. The molecule has 24 heavy (non-hydrogen) atoms. The van der Waals surface area contributed by atoms with Crippen LogP contribution < -0.4 is 4.90 Å². The van der Waals surface area contributed by atoms with E-state index in [1.165, 1.54) is 5.69 Å². The smallest absolute Gasteiger partial charge is 0.225 e. The Morgan fingerprint density at radius 1 is 1.04 bits per heavy atom. The van der Waals surface area contributed by atoms with Crippen molar-refractivity contribution in [2.45, 2.75) is 26.3 Å². The minimum atomic E-state index is 0.376. The van der Waals surface area contributed by atoms with E-state index in [1.54, 1.807) is 6.20 Å². The largest absolute Gasteiger partial charge is 0.339 e. The number of nitrogens with zero attached hydrogens (tertiary/aromatic N) is 6. The zero-order valence-corrected chi connectivity index (χ0v) is 13.9. The van der Waals surface area contributed by atoms with Crippen LogP contribution in [0.2, 0.25) is 0 Å². The highest BCUT2D eigenvalue weighted by Crippen LogP contribution is 2.26. The molecule has 0 N–H and O–H groups in total. The first-order valence-electron chi connectivity index (χ1n) is 8.23. The lowest BCUT2D eigenvalue weighted by molar-refractivity contribution is 0.480. The number of pyridine rings is 1. The monoisotopic (exact) mass is 320 g/mol. The summed E-state index contributed by atoms with van der Waals surface area (Å²) in [6, 6.07) is 10.3. The quantitative estimate of drug-likeness (QED) is 0.742. The van der Waals surface area contributed by atoms with E-state index in [-0.39, 0.29) is 0 Å². The Morgan fingerprint density at radius 2 is 1.96 bits per heavy atom. The van der Waals surface area contributed by atoms with E-state index in [9.17, 15) is 0 Å². The van der Waals surface area contributed by atoms with E-state index < -0.39 is 0 Å². The number of aromatic nitrogens is 5. The van der Waals surface area contributed by atoms with Gasteiger partial charge in [-0.25, -0.2) is 9.97 Å². The number of rotatable bonds is 3. The first-order valence-corrected chi connectivity index (χ1v) is 8.23. The topological polar surface area (TPSA) is 59.7 Å². The van der Waals surface area contributed by atoms with Gasteiger partial charge in [-0.05, 0) is 44.5 Å². The number of aryl methyl sites for hydroxylation is 2. The van der Waals surface area contributed by atoms with Gasteiger partial charge in [-0.15, -0.1) is 0 Å². The fourth-order valence-electron chi connectivity index (χ4n) is 3.30. The fraction of sp³-hybridized carbons (Fsp3) is 0.333. The number of hydrogen-bond donors (Lipinski definition) is 0. The van der Waals surface area contributed by atoms with Gasteiger partial charge < -0.3 is 4.90 Å². The third-order valence-corrected chi connectivity index (χ3v) is 4.41. The maximum Gasteiger partial charge on any atom is 0.225 e. The SMILES string of the molecule is Cc1cc(C)n([C@@H]2CCN(c3nccc(-c4ccccn4)n3)C2)n1. The molecule has 0 aliphatic carbocycles. The van der Waals surface area contributed by atoms with Crippen molar-refractivity contribution in [3.05, 3.63) is 54.1 Å². The first-order chi connectivity index (χ1) is 11.7. The van der Waals surface area contributed by atoms with Crippen LogP contribution in [0.1, 0.15) is 23.9 Å². The predicted molar refractivity (Wildman–Crippen MR) is 92.8 cm³/mol. The Labute approximate surface area is 141 Å². The molecule has 0 amide bonds. The van der Waals surface area contributed by atoms with Gasteiger partial charge in [0.15, 0.2) is 0 Å². The molecule has 6 nitrogen and oxygen atoms in total. The summed E-state index contributed by atoms with van der Waals surface area (Å²) in [7, 11) is 0. The maximum atomic E-state index is 4.70. The molecular weight excluding hydrogens is 300 g/mol. The fourth-order valence-corrected chi connectivity index (χ4v) is 3.30. The molecule has 1 aliphatic rings. The molecule has 1 atom stereocenters. The zero-order valence-electron chi connectivity index (χ0n) is 13.9. The van der Waals surface area contributed by atoms with Gasteiger partial charge in [0.2, 0.25) is 5.95 Å². The summed E-state index contributed by atoms with van der Waals surface area (Å²) in [6.07, 6.45) is 4.65. The van der Waals surface area contributed by atoms with Gasteiger partial charge in [0.25, 0.3) is 0 Å². The second-order valence-corrected chi connectivity index (χ2v) is 6.22. The van der Waals surface area contributed by atoms with Gasteiger partial charge in [0.1, 0.15) is 0 Å². The highest BCUT2D eigenvalue weighted by Gasteiger charge is 2.27. The lowest BCUT2D eigenvalue weighted by Crippen LogP contribution is -2.23. The molecule has 1 fully saturated rings. The summed E-state index contributed by atoms with van der Waals surface area (Å²) in [6.45, 7) is 5.97. The van der Waals surface area contributed by atoms with Crippen LogP contribution in [0.4, 0.5) is 5.95 Å². The standard InChI is InChI=1S/C18H20N6/c1-13-11-14(2)24(22-13)15-7-10-23(12-15)18-20-9-6-17(21-18)16-5-3-4-8-19-16/h3-6,8-9,11,15H,7,10,12H2,1-2H3/t15-/m1/s1. The minimum Gasteiger partial charge on any atom is -0.339 e. The highest BCUT2D eigenvalue weighted by atomic mass is 15.4. The van der Waals surface area contributed by atoms with Crippen LogP contribution in [0.15, 0.2) is 42.7 Å². The lowest BCUT2D eigenvalue weighted by atomic mass is 10.2. The molecular formula is C18H20N6. The molecule has 4 rings (SSSR count). The Balaban J connectivity index is 1.56. The molecule has 0 radical (unpaired) electrons. The Kier molecular flexibility index (Phi) is 3.72. The molecule has 4 heterocycles. The highest BCUT2D eigenvalue weighted by molar-refractivity contribution is 5.55. The first kappa shape index (κ1) is 14.8. The zero-order chi connectivity index (χ0) is 16.5. The van der Waals surface area contributed by atoms with Crippen LogP contribution in [0.25, 0.3) is 11.4 Å². The van der Waals surface area contributed by atoms with Gasteiger partial charge >= 0.3 is 0 Å². The summed E-state index contributed by atoms with van der Waals surface area (Å²) in [5.41, 5.74) is 4.01. The molecule has 1 aliphatic heterocycles. The normalized spacial score (nSPS) is 17.4.